The summed E-state index contributed by atoms with van der Waals surface area (Å²) in [7, 11) is -3.86. The molecule has 204 valence electrons. The molecule has 0 aliphatic rings. The number of hydrogen-bond acceptors (Lipinski definition) is 7. The Morgan fingerprint density at radius 2 is 1.10 bits per heavy atom. The number of benzene rings is 4. The van der Waals surface area contributed by atoms with Crippen LogP contribution in [0.15, 0.2) is 120 Å². The zero-order chi connectivity index (χ0) is 27.2. The SMILES string of the molecule is O=S(=O)(OCCOC(COCc1ccccc1)COc1ccccc1OCc1ccccc1)c1ccccc1. The van der Waals surface area contributed by atoms with Crippen molar-refractivity contribution in [3.05, 3.63) is 126 Å². The molecule has 0 heterocycles. The highest BCUT2D eigenvalue weighted by Gasteiger charge is 2.17. The lowest BCUT2D eigenvalue weighted by Gasteiger charge is -2.20. The molecule has 0 aromatic heterocycles. The van der Waals surface area contributed by atoms with Gasteiger partial charge < -0.3 is 18.9 Å². The lowest BCUT2D eigenvalue weighted by atomic mass is 10.2. The van der Waals surface area contributed by atoms with E-state index in [0.29, 0.717) is 24.7 Å². The van der Waals surface area contributed by atoms with E-state index in [-0.39, 0.29) is 31.3 Å². The lowest BCUT2D eigenvalue weighted by Crippen LogP contribution is -2.29. The molecule has 4 rings (SSSR count). The van der Waals surface area contributed by atoms with Gasteiger partial charge in [-0.05, 0) is 35.4 Å². The Labute approximate surface area is 230 Å². The maximum absolute atomic E-state index is 12.4. The normalized spacial score (nSPS) is 12.1. The Morgan fingerprint density at radius 1 is 0.564 bits per heavy atom. The second kappa shape index (κ2) is 15.0. The van der Waals surface area contributed by atoms with Gasteiger partial charge in [0.15, 0.2) is 11.5 Å². The van der Waals surface area contributed by atoms with Gasteiger partial charge in [-0.15, -0.1) is 0 Å². The molecule has 8 heteroatoms. The first-order valence-corrected chi connectivity index (χ1v) is 14.1. The average molecular weight is 549 g/mol. The topological polar surface area (TPSA) is 80.3 Å². The molecule has 0 saturated heterocycles. The maximum atomic E-state index is 12.4. The summed E-state index contributed by atoms with van der Waals surface area (Å²) in [5.41, 5.74) is 2.09. The average Bonchev–Trinajstić information content (AvgIpc) is 2.98. The Hall–Kier alpha value is -3.69. The van der Waals surface area contributed by atoms with Gasteiger partial charge in [0.1, 0.15) is 19.3 Å². The second-order valence-corrected chi connectivity index (χ2v) is 10.2. The summed E-state index contributed by atoms with van der Waals surface area (Å²) >= 11 is 0. The number of hydrogen-bond donors (Lipinski definition) is 0. The zero-order valence-electron chi connectivity index (χ0n) is 21.6. The Kier molecular flexibility index (Phi) is 10.9. The third-order valence-corrected chi connectivity index (χ3v) is 6.96. The molecule has 4 aromatic rings. The molecule has 0 radical (unpaired) electrons. The smallest absolute Gasteiger partial charge is 0.297 e. The van der Waals surface area contributed by atoms with E-state index < -0.39 is 16.2 Å². The van der Waals surface area contributed by atoms with Crippen LogP contribution in [0.3, 0.4) is 0 Å². The molecule has 39 heavy (non-hydrogen) atoms. The van der Waals surface area contributed by atoms with Crippen molar-refractivity contribution in [1.29, 1.82) is 0 Å². The fourth-order valence-electron chi connectivity index (χ4n) is 3.65. The van der Waals surface area contributed by atoms with Crippen molar-refractivity contribution >= 4 is 10.1 Å². The second-order valence-electron chi connectivity index (χ2n) is 8.61. The maximum Gasteiger partial charge on any atom is 0.297 e. The largest absolute Gasteiger partial charge is 0.487 e. The third-order valence-electron chi connectivity index (χ3n) is 5.63. The van der Waals surface area contributed by atoms with Crippen molar-refractivity contribution in [2.75, 3.05) is 26.4 Å². The molecule has 0 aliphatic carbocycles. The van der Waals surface area contributed by atoms with Gasteiger partial charge in [0, 0.05) is 0 Å². The molecule has 0 fully saturated rings. The van der Waals surface area contributed by atoms with Crippen LogP contribution in [0.25, 0.3) is 0 Å². The predicted octanol–water partition coefficient (Wildman–Crippen LogP) is 5.65. The summed E-state index contributed by atoms with van der Waals surface area (Å²) in [5.74, 6) is 1.19. The number of ether oxygens (including phenoxy) is 4. The minimum atomic E-state index is -3.86. The van der Waals surface area contributed by atoms with Gasteiger partial charge in [-0.1, -0.05) is 91.0 Å². The number of rotatable bonds is 16. The van der Waals surface area contributed by atoms with Crippen LogP contribution in [0.2, 0.25) is 0 Å². The van der Waals surface area contributed by atoms with Crippen LogP contribution in [0.4, 0.5) is 0 Å². The quantitative estimate of drug-likeness (QED) is 0.132. The summed E-state index contributed by atoms with van der Waals surface area (Å²) in [5, 5.41) is 0. The highest BCUT2D eigenvalue weighted by Crippen LogP contribution is 2.27. The van der Waals surface area contributed by atoms with Crippen LogP contribution in [-0.2, 0) is 37.0 Å². The van der Waals surface area contributed by atoms with Gasteiger partial charge in [-0.25, -0.2) is 0 Å². The first kappa shape index (κ1) is 28.3. The fraction of sp³-hybridized carbons (Fsp3) is 0.226. The van der Waals surface area contributed by atoms with Crippen molar-refractivity contribution in [2.45, 2.75) is 24.2 Å². The van der Waals surface area contributed by atoms with Gasteiger partial charge in [-0.2, -0.15) is 8.42 Å². The molecule has 0 spiro atoms. The van der Waals surface area contributed by atoms with Crippen LogP contribution >= 0.6 is 0 Å². The molecule has 1 atom stereocenters. The Morgan fingerprint density at radius 3 is 1.74 bits per heavy atom. The van der Waals surface area contributed by atoms with Crippen molar-refractivity contribution in [3.8, 4) is 11.5 Å². The van der Waals surface area contributed by atoms with Crippen LogP contribution in [-0.4, -0.2) is 40.9 Å². The van der Waals surface area contributed by atoms with Crippen molar-refractivity contribution in [2.24, 2.45) is 0 Å². The first-order valence-electron chi connectivity index (χ1n) is 12.7. The molecule has 0 bridgehead atoms. The summed E-state index contributed by atoms with van der Waals surface area (Å²) in [4.78, 5) is 0.100. The molecule has 4 aromatic carbocycles. The summed E-state index contributed by atoms with van der Waals surface area (Å²) in [6.45, 7) is 1.15. The van der Waals surface area contributed by atoms with Gasteiger partial charge in [-0.3, -0.25) is 4.18 Å². The van der Waals surface area contributed by atoms with Gasteiger partial charge in [0.2, 0.25) is 0 Å². The fourth-order valence-corrected chi connectivity index (χ4v) is 4.56. The molecule has 0 saturated carbocycles. The zero-order valence-corrected chi connectivity index (χ0v) is 22.4. The predicted molar refractivity (Wildman–Crippen MR) is 148 cm³/mol. The molecular formula is C31H32O7S. The molecular weight excluding hydrogens is 516 g/mol. The van der Waals surface area contributed by atoms with Gasteiger partial charge in [0.25, 0.3) is 10.1 Å². The van der Waals surface area contributed by atoms with Crippen molar-refractivity contribution in [1.82, 2.24) is 0 Å². The van der Waals surface area contributed by atoms with Gasteiger partial charge >= 0.3 is 0 Å². The van der Waals surface area contributed by atoms with E-state index in [1.54, 1.807) is 18.2 Å². The summed E-state index contributed by atoms with van der Waals surface area (Å²) in [6, 6.07) is 35.1. The van der Waals surface area contributed by atoms with Crippen LogP contribution in [0.5, 0.6) is 11.5 Å². The molecule has 1 unspecified atom stereocenters. The first-order chi connectivity index (χ1) is 19.1. The summed E-state index contributed by atoms with van der Waals surface area (Å²) < 4.78 is 53.8. The van der Waals surface area contributed by atoms with E-state index >= 15 is 0 Å². The molecule has 7 nitrogen and oxygen atoms in total. The van der Waals surface area contributed by atoms with E-state index in [1.807, 2.05) is 84.9 Å². The standard InChI is InChI=1S/C31H32O7S/c32-39(33,29-16-8-3-9-17-29)38-21-20-35-28(24-34-22-26-12-4-1-5-13-26)25-37-31-19-11-10-18-30(31)36-23-27-14-6-2-7-15-27/h1-19,28H,20-25H2. The third kappa shape index (κ3) is 9.53. The molecule has 0 amide bonds. The lowest BCUT2D eigenvalue weighted by molar-refractivity contribution is -0.0482. The molecule has 0 aliphatic heterocycles. The van der Waals surface area contributed by atoms with Crippen molar-refractivity contribution in [3.63, 3.8) is 0 Å². The molecule has 0 N–H and O–H groups in total. The minimum absolute atomic E-state index is 0.0426. The van der Waals surface area contributed by atoms with Crippen LogP contribution in [0, 0.1) is 0 Å². The van der Waals surface area contributed by atoms with Crippen molar-refractivity contribution < 1.29 is 31.5 Å². The van der Waals surface area contributed by atoms with E-state index in [2.05, 4.69) is 0 Å². The minimum Gasteiger partial charge on any atom is -0.487 e. The summed E-state index contributed by atoms with van der Waals surface area (Å²) in [6.07, 6.45) is -0.473. The Bertz CT molecular complexity index is 1350. The van der Waals surface area contributed by atoms with E-state index in [1.165, 1.54) is 12.1 Å². The van der Waals surface area contributed by atoms with E-state index in [4.69, 9.17) is 23.1 Å². The number of para-hydroxylation sites is 2. The highest BCUT2D eigenvalue weighted by atomic mass is 32.2. The van der Waals surface area contributed by atoms with Crippen LogP contribution < -0.4 is 9.47 Å². The van der Waals surface area contributed by atoms with Gasteiger partial charge in [0.05, 0.1) is 31.3 Å². The van der Waals surface area contributed by atoms with Crippen LogP contribution in [0.1, 0.15) is 11.1 Å². The van der Waals surface area contributed by atoms with E-state index in [0.717, 1.165) is 11.1 Å². The van der Waals surface area contributed by atoms with E-state index in [9.17, 15) is 8.42 Å². The Balaban J connectivity index is 1.32. The highest BCUT2D eigenvalue weighted by molar-refractivity contribution is 7.86. The monoisotopic (exact) mass is 548 g/mol.